The molecule has 0 unspecified atom stereocenters. The molecule has 0 amide bonds. The number of alkyl halides is 1. The quantitative estimate of drug-likeness (QED) is 0.492. The van der Waals surface area contributed by atoms with E-state index >= 15 is 0 Å². The van der Waals surface area contributed by atoms with Crippen molar-refractivity contribution in [1.82, 2.24) is 0 Å². The van der Waals surface area contributed by atoms with Gasteiger partial charge in [-0.25, -0.2) is 0 Å². The molecule has 0 spiro atoms. The van der Waals surface area contributed by atoms with E-state index in [1.54, 1.807) is 0 Å². The molecule has 12 heavy (non-hydrogen) atoms. The maximum absolute atomic E-state index is 10.9. The minimum absolute atomic E-state index is 0.0612. The third-order valence-corrected chi connectivity index (χ3v) is 3.30. The van der Waals surface area contributed by atoms with E-state index < -0.39 is 0 Å². The van der Waals surface area contributed by atoms with Crippen LogP contribution in [0.4, 0.5) is 0 Å². The fourth-order valence-electron chi connectivity index (χ4n) is 1.95. The van der Waals surface area contributed by atoms with Gasteiger partial charge in [0, 0.05) is 11.3 Å². The van der Waals surface area contributed by atoms with Crippen molar-refractivity contribution < 1.29 is 4.79 Å². The molecule has 0 aromatic carbocycles. The van der Waals surface area contributed by atoms with Gasteiger partial charge in [-0.15, -0.1) is 11.6 Å². The Kier molecular flexibility index (Phi) is 3.57. The molecule has 0 N–H and O–H groups in total. The fraction of sp³-hybridized carbons (Fsp3) is 0.900. The van der Waals surface area contributed by atoms with Gasteiger partial charge in [0.15, 0.2) is 0 Å². The van der Waals surface area contributed by atoms with Gasteiger partial charge in [0.05, 0.1) is 0 Å². The number of halogens is 1. The van der Waals surface area contributed by atoms with E-state index in [1.807, 2.05) is 0 Å². The summed E-state index contributed by atoms with van der Waals surface area (Å²) in [6.07, 6.45) is 6.48. The van der Waals surface area contributed by atoms with Crippen LogP contribution in [-0.2, 0) is 4.79 Å². The third kappa shape index (κ3) is 2.22. The van der Waals surface area contributed by atoms with Crippen LogP contribution in [0, 0.1) is 11.3 Å². The molecule has 0 aliphatic heterocycles. The van der Waals surface area contributed by atoms with Crippen molar-refractivity contribution in [3.05, 3.63) is 0 Å². The number of rotatable bonds is 3. The molecular weight excluding hydrogens is 172 g/mol. The second-order valence-electron chi connectivity index (χ2n) is 4.10. The maximum atomic E-state index is 10.9. The van der Waals surface area contributed by atoms with Crippen LogP contribution < -0.4 is 0 Å². The van der Waals surface area contributed by atoms with E-state index in [9.17, 15) is 4.79 Å². The summed E-state index contributed by atoms with van der Waals surface area (Å²) in [5.41, 5.74) is -0.0612. The predicted octanol–water partition coefficient (Wildman–Crippen LogP) is 3.01. The molecule has 0 radical (unpaired) electrons. The van der Waals surface area contributed by atoms with Crippen LogP contribution in [0.2, 0.25) is 0 Å². The Hall–Kier alpha value is -0.0400. The van der Waals surface area contributed by atoms with Crippen LogP contribution in [0.15, 0.2) is 0 Å². The highest BCUT2D eigenvalue weighted by molar-refractivity contribution is 6.17. The van der Waals surface area contributed by atoms with Crippen molar-refractivity contribution in [1.29, 1.82) is 0 Å². The van der Waals surface area contributed by atoms with Gasteiger partial charge in [0.25, 0.3) is 0 Å². The Morgan fingerprint density at radius 1 is 1.50 bits per heavy atom. The Balaban J connectivity index is 2.50. The standard InChI is InChI=1S/C10H17ClO/c1-9-2-4-10(8-12,5-3-9)6-7-11/h8-9H,2-7H2,1H3. The van der Waals surface area contributed by atoms with Crippen LogP contribution >= 0.6 is 11.6 Å². The van der Waals surface area contributed by atoms with E-state index in [0.29, 0.717) is 5.88 Å². The third-order valence-electron chi connectivity index (χ3n) is 3.11. The molecule has 1 aliphatic carbocycles. The van der Waals surface area contributed by atoms with E-state index in [-0.39, 0.29) is 5.41 Å². The molecule has 1 rings (SSSR count). The molecule has 1 aliphatic rings. The first-order valence-corrected chi connectivity index (χ1v) is 5.28. The first-order chi connectivity index (χ1) is 5.72. The van der Waals surface area contributed by atoms with Gasteiger partial charge >= 0.3 is 0 Å². The van der Waals surface area contributed by atoms with Crippen LogP contribution in [-0.4, -0.2) is 12.2 Å². The minimum atomic E-state index is -0.0612. The highest BCUT2D eigenvalue weighted by Crippen LogP contribution is 2.39. The number of aldehydes is 1. The van der Waals surface area contributed by atoms with Crippen molar-refractivity contribution in [2.45, 2.75) is 39.0 Å². The van der Waals surface area contributed by atoms with Gasteiger partial charge in [-0.1, -0.05) is 6.92 Å². The normalized spacial score (nSPS) is 36.3. The van der Waals surface area contributed by atoms with Crippen molar-refractivity contribution in [3.8, 4) is 0 Å². The summed E-state index contributed by atoms with van der Waals surface area (Å²) in [4.78, 5) is 10.9. The lowest BCUT2D eigenvalue weighted by atomic mass is 9.70. The van der Waals surface area contributed by atoms with Gasteiger partial charge in [0.2, 0.25) is 0 Å². The zero-order valence-electron chi connectivity index (χ0n) is 7.68. The minimum Gasteiger partial charge on any atom is -0.303 e. The monoisotopic (exact) mass is 188 g/mol. The van der Waals surface area contributed by atoms with Crippen molar-refractivity contribution in [2.75, 3.05) is 5.88 Å². The first kappa shape index (κ1) is 10.0. The first-order valence-electron chi connectivity index (χ1n) is 4.75. The van der Waals surface area contributed by atoms with Gasteiger partial charge in [-0.3, -0.25) is 0 Å². The SMILES string of the molecule is CC1CCC(C=O)(CCCl)CC1. The van der Waals surface area contributed by atoms with Gasteiger partial charge in [0.1, 0.15) is 6.29 Å². The molecular formula is C10H17ClO. The Morgan fingerprint density at radius 2 is 2.08 bits per heavy atom. The average molecular weight is 189 g/mol. The van der Waals surface area contributed by atoms with Crippen molar-refractivity contribution >= 4 is 17.9 Å². The summed E-state index contributed by atoms with van der Waals surface area (Å²) < 4.78 is 0. The lowest BCUT2D eigenvalue weighted by Crippen LogP contribution is -2.28. The van der Waals surface area contributed by atoms with Gasteiger partial charge in [-0.2, -0.15) is 0 Å². The summed E-state index contributed by atoms with van der Waals surface area (Å²) in [5.74, 6) is 1.42. The second kappa shape index (κ2) is 4.27. The molecule has 1 saturated carbocycles. The Labute approximate surface area is 79.5 Å². The molecule has 0 aromatic rings. The molecule has 0 atom stereocenters. The highest BCUT2D eigenvalue weighted by atomic mass is 35.5. The zero-order chi connectivity index (χ0) is 9.03. The molecule has 1 fully saturated rings. The molecule has 1 nitrogen and oxygen atoms in total. The Bertz CT molecular complexity index is 148. The van der Waals surface area contributed by atoms with Crippen LogP contribution in [0.3, 0.4) is 0 Å². The maximum Gasteiger partial charge on any atom is 0.126 e. The zero-order valence-corrected chi connectivity index (χ0v) is 8.44. The summed E-state index contributed by atoms with van der Waals surface area (Å²) in [7, 11) is 0. The molecule has 70 valence electrons. The fourth-order valence-corrected chi connectivity index (χ4v) is 2.33. The molecule has 0 bridgehead atoms. The Morgan fingerprint density at radius 3 is 2.50 bits per heavy atom. The van der Waals surface area contributed by atoms with E-state index in [0.717, 1.165) is 31.5 Å². The number of carbonyl (C=O) groups excluding carboxylic acids is 1. The van der Waals surface area contributed by atoms with Crippen LogP contribution in [0.25, 0.3) is 0 Å². The molecule has 2 heteroatoms. The molecule has 0 saturated heterocycles. The summed E-state index contributed by atoms with van der Waals surface area (Å²) >= 11 is 5.68. The van der Waals surface area contributed by atoms with Crippen molar-refractivity contribution in [3.63, 3.8) is 0 Å². The second-order valence-corrected chi connectivity index (χ2v) is 4.48. The summed E-state index contributed by atoms with van der Waals surface area (Å²) in [6, 6.07) is 0. The largest absolute Gasteiger partial charge is 0.303 e. The van der Waals surface area contributed by atoms with Crippen molar-refractivity contribution in [2.24, 2.45) is 11.3 Å². The molecule has 0 heterocycles. The number of hydrogen-bond donors (Lipinski definition) is 0. The van der Waals surface area contributed by atoms with E-state index in [1.165, 1.54) is 12.8 Å². The topological polar surface area (TPSA) is 17.1 Å². The summed E-state index contributed by atoms with van der Waals surface area (Å²) in [6.45, 7) is 2.26. The van der Waals surface area contributed by atoms with Crippen LogP contribution in [0.1, 0.15) is 39.0 Å². The summed E-state index contributed by atoms with van der Waals surface area (Å²) in [5, 5.41) is 0. The van der Waals surface area contributed by atoms with E-state index in [2.05, 4.69) is 6.92 Å². The molecule has 0 aromatic heterocycles. The van der Waals surface area contributed by atoms with Gasteiger partial charge < -0.3 is 4.79 Å². The smallest absolute Gasteiger partial charge is 0.126 e. The number of carbonyl (C=O) groups is 1. The lowest BCUT2D eigenvalue weighted by Gasteiger charge is -2.34. The van der Waals surface area contributed by atoms with Crippen LogP contribution in [0.5, 0.6) is 0 Å². The highest BCUT2D eigenvalue weighted by Gasteiger charge is 2.32. The van der Waals surface area contributed by atoms with E-state index in [4.69, 9.17) is 11.6 Å². The van der Waals surface area contributed by atoms with Gasteiger partial charge in [-0.05, 0) is 38.0 Å². The predicted molar refractivity (Wildman–Crippen MR) is 51.5 cm³/mol. The average Bonchev–Trinajstić information content (AvgIpc) is 2.10. The number of hydrogen-bond acceptors (Lipinski definition) is 1. The lowest BCUT2D eigenvalue weighted by molar-refractivity contribution is -0.118.